The van der Waals surface area contributed by atoms with Gasteiger partial charge in [0.2, 0.25) is 0 Å². The Kier molecular flexibility index (Phi) is 3.12. The molecule has 0 aliphatic heterocycles. The summed E-state index contributed by atoms with van der Waals surface area (Å²) in [5, 5.41) is 8.43. The fourth-order valence-corrected chi connectivity index (χ4v) is 0.734. The Morgan fingerprint density at radius 2 is 2.42 bits per heavy atom. The molecule has 0 bridgehead atoms. The number of H-pyrrole nitrogens is 1. The molecule has 3 heteroatoms. The lowest BCUT2D eigenvalue weighted by Gasteiger charge is -1.85. The van der Waals surface area contributed by atoms with E-state index >= 15 is 0 Å². The highest BCUT2D eigenvalue weighted by Gasteiger charge is 1.89. The highest BCUT2D eigenvalue weighted by atomic mass is 16.2. The Balaban J connectivity index is 2.85. The molecule has 1 aromatic rings. The van der Waals surface area contributed by atoms with Crippen LogP contribution in [0.5, 0.6) is 0 Å². The minimum atomic E-state index is -0.192. The van der Waals surface area contributed by atoms with Gasteiger partial charge in [0.25, 0.3) is 5.56 Å². The van der Waals surface area contributed by atoms with Gasteiger partial charge in [-0.15, -0.1) is 0 Å². The van der Waals surface area contributed by atoms with Crippen LogP contribution in [0.2, 0.25) is 0 Å². The predicted molar refractivity (Wildman–Crippen MR) is 45.6 cm³/mol. The first-order valence-electron chi connectivity index (χ1n) is 3.62. The molecule has 0 fully saturated rings. The molecule has 0 spiro atoms. The van der Waals surface area contributed by atoms with Crippen LogP contribution in [0.15, 0.2) is 23.1 Å². The lowest BCUT2D eigenvalue weighted by Crippen LogP contribution is -2.07. The molecule has 0 unspecified atom stereocenters. The normalized spacial score (nSPS) is 8.75. The van der Waals surface area contributed by atoms with E-state index in [-0.39, 0.29) is 12.2 Å². The second kappa shape index (κ2) is 4.37. The van der Waals surface area contributed by atoms with Crippen molar-refractivity contribution < 1.29 is 5.11 Å². The molecule has 0 saturated heterocycles. The highest BCUT2D eigenvalue weighted by Crippen LogP contribution is 1.85. The zero-order valence-corrected chi connectivity index (χ0v) is 6.50. The van der Waals surface area contributed by atoms with Crippen molar-refractivity contribution in [3.05, 3.63) is 34.2 Å². The number of aliphatic hydroxyl groups excluding tert-OH is 1. The minimum absolute atomic E-state index is 0.0255. The zero-order valence-electron chi connectivity index (χ0n) is 6.50. The summed E-state index contributed by atoms with van der Waals surface area (Å²) >= 11 is 0. The van der Waals surface area contributed by atoms with Crippen LogP contribution < -0.4 is 5.56 Å². The lowest BCUT2D eigenvalue weighted by atomic mass is 10.3. The van der Waals surface area contributed by atoms with Crippen molar-refractivity contribution in [2.45, 2.75) is 6.42 Å². The van der Waals surface area contributed by atoms with Crippen molar-refractivity contribution in [2.75, 3.05) is 6.61 Å². The maximum atomic E-state index is 11.0. The summed E-state index contributed by atoms with van der Waals surface area (Å²) in [4.78, 5) is 13.5. The molecule has 0 aliphatic rings. The quantitative estimate of drug-likeness (QED) is 0.577. The molecule has 2 N–H and O–H groups in total. The average Bonchev–Trinajstić information content (AvgIpc) is 2.09. The smallest absolute Gasteiger partial charge is 0.263 e. The van der Waals surface area contributed by atoms with Crippen LogP contribution in [0.3, 0.4) is 0 Å². The van der Waals surface area contributed by atoms with Gasteiger partial charge in [0.1, 0.15) is 0 Å². The van der Waals surface area contributed by atoms with E-state index < -0.39 is 0 Å². The molecule has 12 heavy (non-hydrogen) atoms. The summed E-state index contributed by atoms with van der Waals surface area (Å²) in [6.07, 6.45) is 1.95. The zero-order chi connectivity index (χ0) is 8.81. The van der Waals surface area contributed by atoms with Crippen molar-refractivity contribution in [1.82, 2.24) is 4.98 Å². The summed E-state index contributed by atoms with van der Waals surface area (Å²) in [6.45, 7) is 0.0255. The highest BCUT2D eigenvalue weighted by molar-refractivity contribution is 5.30. The molecule has 0 aliphatic carbocycles. The molecule has 1 rings (SSSR count). The fraction of sp³-hybridized carbons (Fsp3) is 0.222. The van der Waals surface area contributed by atoms with Gasteiger partial charge in [-0.2, -0.15) is 0 Å². The van der Waals surface area contributed by atoms with Crippen molar-refractivity contribution in [3.63, 3.8) is 0 Å². The third-order valence-corrected chi connectivity index (χ3v) is 1.28. The first kappa shape index (κ1) is 8.57. The van der Waals surface area contributed by atoms with Gasteiger partial charge in [-0.25, -0.2) is 0 Å². The van der Waals surface area contributed by atoms with Crippen LogP contribution in [0.4, 0.5) is 0 Å². The number of aromatic nitrogens is 1. The Bertz CT molecular complexity index is 357. The van der Waals surface area contributed by atoms with Crippen molar-refractivity contribution >= 4 is 0 Å². The Morgan fingerprint density at radius 1 is 1.58 bits per heavy atom. The van der Waals surface area contributed by atoms with Gasteiger partial charge in [0, 0.05) is 12.6 Å². The van der Waals surface area contributed by atoms with Gasteiger partial charge in [0.15, 0.2) is 0 Å². The monoisotopic (exact) mass is 163 g/mol. The number of hydrogen-bond acceptors (Lipinski definition) is 2. The number of pyridine rings is 1. The van der Waals surface area contributed by atoms with Crippen LogP contribution >= 0.6 is 0 Å². The molecule has 0 atom stereocenters. The van der Waals surface area contributed by atoms with Gasteiger partial charge >= 0.3 is 0 Å². The van der Waals surface area contributed by atoms with Gasteiger partial charge in [0.05, 0.1) is 12.2 Å². The summed E-state index contributed by atoms with van der Waals surface area (Å²) in [7, 11) is 0. The second-order valence-electron chi connectivity index (χ2n) is 2.19. The lowest BCUT2D eigenvalue weighted by molar-refractivity contribution is 0.305. The van der Waals surface area contributed by atoms with Gasteiger partial charge < -0.3 is 10.1 Å². The molecule has 3 nitrogen and oxygen atoms in total. The standard InChI is InChI=1S/C9H9NO2/c11-7-2-1-4-8-5-3-6-10-9(8)12/h3,5-6,11H,2,7H2,(H,10,12). The van der Waals surface area contributed by atoms with Gasteiger partial charge in [-0.1, -0.05) is 11.8 Å². The molecule has 0 saturated carbocycles. The predicted octanol–water partition coefficient (Wildman–Crippen LogP) is 0.109. The largest absolute Gasteiger partial charge is 0.395 e. The van der Waals surface area contributed by atoms with Crippen LogP contribution in [-0.2, 0) is 0 Å². The van der Waals surface area contributed by atoms with Crippen molar-refractivity contribution in [3.8, 4) is 11.8 Å². The van der Waals surface area contributed by atoms with Crippen molar-refractivity contribution in [1.29, 1.82) is 0 Å². The molecular weight excluding hydrogens is 154 g/mol. The Labute approximate surface area is 70.1 Å². The summed E-state index contributed by atoms with van der Waals surface area (Å²) in [5.74, 6) is 5.33. The van der Waals surface area contributed by atoms with E-state index in [1.807, 2.05) is 0 Å². The molecule has 1 heterocycles. The Morgan fingerprint density at radius 3 is 3.08 bits per heavy atom. The molecule has 1 aromatic heterocycles. The second-order valence-corrected chi connectivity index (χ2v) is 2.19. The molecular formula is C9H9NO2. The number of hydrogen-bond donors (Lipinski definition) is 2. The van der Waals surface area contributed by atoms with E-state index in [0.29, 0.717) is 12.0 Å². The van der Waals surface area contributed by atoms with Crippen LogP contribution in [0.25, 0.3) is 0 Å². The van der Waals surface area contributed by atoms with E-state index in [4.69, 9.17) is 5.11 Å². The fourth-order valence-electron chi connectivity index (χ4n) is 0.734. The molecule has 0 amide bonds. The van der Waals surface area contributed by atoms with Gasteiger partial charge in [-0.3, -0.25) is 4.79 Å². The number of nitrogens with one attached hydrogen (secondary N) is 1. The third kappa shape index (κ3) is 2.26. The average molecular weight is 163 g/mol. The number of aliphatic hydroxyl groups is 1. The SMILES string of the molecule is O=c1[nH]cccc1C#CCCO. The third-order valence-electron chi connectivity index (χ3n) is 1.28. The van der Waals surface area contributed by atoms with Gasteiger partial charge in [-0.05, 0) is 12.1 Å². The summed E-state index contributed by atoms with van der Waals surface area (Å²) in [5.41, 5.74) is 0.244. The summed E-state index contributed by atoms with van der Waals surface area (Å²) in [6, 6.07) is 3.35. The van der Waals surface area contributed by atoms with E-state index in [1.54, 1.807) is 18.3 Å². The van der Waals surface area contributed by atoms with E-state index in [0.717, 1.165) is 0 Å². The van der Waals surface area contributed by atoms with E-state index in [2.05, 4.69) is 16.8 Å². The molecule has 0 aromatic carbocycles. The maximum Gasteiger partial charge on any atom is 0.263 e. The van der Waals surface area contributed by atoms with Crippen LogP contribution in [0, 0.1) is 11.8 Å². The first-order valence-corrected chi connectivity index (χ1v) is 3.62. The first-order chi connectivity index (χ1) is 5.84. The topological polar surface area (TPSA) is 53.1 Å². The number of aromatic amines is 1. The molecule has 0 radical (unpaired) electrons. The van der Waals surface area contributed by atoms with Crippen molar-refractivity contribution in [2.24, 2.45) is 0 Å². The van der Waals surface area contributed by atoms with Crippen LogP contribution in [-0.4, -0.2) is 16.7 Å². The Hall–Kier alpha value is -1.53. The van der Waals surface area contributed by atoms with Crippen LogP contribution in [0.1, 0.15) is 12.0 Å². The summed E-state index contributed by atoms with van der Waals surface area (Å²) < 4.78 is 0. The maximum absolute atomic E-state index is 11.0. The van der Waals surface area contributed by atoms with E-state index in [1.165, 1.54) is 0 Å². The molecule has 62 valence electrons. The minimum Gasteiger partial charge on any atom is -0.395 e. The van der Waals surface area contributed by atoms with E-state index in [9.17, 15) is 4.79 Å². The number of rotatable bonds is 1.